The van der Waals surface area contributed by atoms with Gasteiger partial charge in [-0.3, -0.25) is 19.2 Å². The zero-order valence-electron chi connectivity index (χ0n) is 61.5. The average Bonchev–Trinajstić information content (AvgIpc) is 0.747. The van der Waals surface area contributed by atoms with E-state index in [1.165, 1.54) is 44.5 Å². The first-order valence-corrected chi connectivity index (χ1v) is 36.8. The SMILES string of the molecule is CC1(C)c2ccccc2N(c2ccc(C(=O)c3cccc(C(=O)c4ccc(N5c6ccccc6C(C)(C)c6ccccc65)cc4)n3)cc2)c2ccccc21.CC1(C)c2ccccc2N(c2ccc(C(=O)c3cccc(C(=O)c4ccc(N5c6ccccc6C(C)(C)c6ccccc65)cc4)n3)cc2)c2ccccc21. The lowest BCUT2D eigenvalue weighted by Gasteiger charge is -2.42. The van der Waals surface area contributed by atoms with Crippen molar-refractivity contribution in [1.29, 1.82) is 0 Å². The van der Waals surface area contributed by atoms with E-state index in [2.05, 4.69) is 279 Å². The highest BCUT2D eigenvalue weighted by Gasteiger charge is 2.41. The Labute approximate surface area is 630 Å². The van der Waals surface area contributed by atoms with Crippen LogP contribution >= 0.6 is 0 Å². The zero-order chi connectivity index (χ0) is 74.4. The predicted octanol–water partition coefficient (Wildman–Crippen LogP) is 23.5. The molecule has 12 aromatic carbocycles. The predicted molar refractivity (Wildman–Crippen MR) is 435 cm³/mol. The molecule has 0 aliphatic carbocycles. The Bertz CT molecular complexity index is 5020. The number of aromatic nitrogens is 2. The summed E-state index contributed by atoms with van der Waals surface area (Å²) in [6, 6.07) is 109. The second-order valence-electron chi connectivity index (χ2n) is 30.3. The van der Waals surface area contributed by atoms with Crippen molar-refractivity contribution in [3.05, 3.63) is 417 Å². The van der Waals surface area contributed by atoms with Gasteiger partial charge in [-0.25, -0.2) is 9.97 Å². The van der Waals surface area contributed by atoms with Crippen LogP contribution in [0, 0.1) is 0 Å². The smallest absolute Gasteiger partial charge is 0.211 e. The molecule has 6 heterocycles. The van der Waals surface area contributed by atoms with Crippen molar-refractivity contribution in [2.45, 2.75) is 77.0 Å². The fourth-order valence-corrected chi connectivity index (χ4v) is 16.8. The summed E-state index contributed by atoms with van der Waals surface area (Å²) in [7, 11) is 0. The molecule has 10 nitrogen and oxygen atoms in total. The summed E-state index contributed by atoms with van der Waals surface area (Å²) in [4.78, 5) is 73.4. The van der Waals surface area contributed by atoms with Gasteiger partial charge in [0.25, 0.3) is 0 Å². The Morgan fingerprint density at radius 1 is 0.194 bits per heavy atom. The molecule has 0 saturated heterocycles. The number of rotatable bonds is 12. The van der Waals surface area contributed by atoms with Crippen molar-refractivity contribution in [3.63, 3.8) is 0 Å². The van der Waals surface area contributed by atoms with Crippen LogP contribution in [0.25, 0.3) is 0 Å². The molecule has 524 valence electrons. The van der Waals surface area contributed by atoms with Gasteiger partial charge in [0.2, 0.25) is 23.1 Å². The van der Waals surface area contributed by atoms with Gasteiger partial charge in [0, 0.05) is 66.7 Å². The number of carbonyl (C=O) groups excluding carboxylic acids is 4. The maximum absolute atomic E-state index is 13.8. The Kier molecular flexibility index (Phi) is 16.6. The molecular weight excluding hydrogens is 1330 g/mol. The van der Waals surface area contributed by atoms with Crippen molar-refractivity contribution in [2.24, 2.45) is 0 Å². The third-order valence-corrected chi connectivity index (χ3v) is 22.5. The van der Waals surface area contributed by atoms with Gasteiger partial charge in [-0.2, -0.15) is 0 Å². The number of anilines is 12. The van der Waals surface area contributed by atoms with Crippen LogP contribution in [-0.2, 0) is 21.7 Å². The van der Waals surface area contributed by atoms with Crippen LogP contribution in [0.4, 0.5) is 68.2 Å². The summed E-state index contributed by atoms with van der Waals surface area (Å²) in [5, 5.41) is 0. The number of nitrogens with zero attached hydrogens (tertiary/aromatic N) is 6. The van der Waals surface area contributed by atoms with Gasteiger partial charge in [0.05, 0.1) is 45.5 Å². The summed E-state index contributed by atoms with van der Waals surface area (Å²) < 4.78 is 0. The number of ketones is 4. The van der Waals surface area contributed by atoms with E-state index in [1.807, 2.05) is 97.1 Å². The lowest BCUT2D eigenvalue weighted by Crippen LogP contribution is -2.30. The van der Waals surface area contributed by atoms with Crippen molar-refractivity contribution in [3.8, 4) is 0 Å². The standard InChI is InChI=1S/2C49H39N3O2/c2*1-48(2)36-14-5-9-20-42(36)51(43-21-10-6-15-37(43)48)34-28-24-32(25-29-34)46(53)40-18-13-19-41(50-40)47(54)33-26-30-35(31-27-33)52-44-22-11-7-16-38(44)49(3,4)39-17-8-12-23-45(39)52/h2*5-31H,1-4H3. The molecule has 0 saturated carbocycles. The van der Waals surface area contributed by atoms with Gasteiger partial charge in [0.1, 0.15) is 22.8 Å². The van der Waals surface area contributed by atoms with E-state index in [1.54, 1.807) is 36.4 Å². The van der Waals surface area contributed by atoms with Crippen molar-refractivity contribution in [1.82, 2.24) is 9.97 Å². The van der Waals surface area contributed by atoms with Crippen LogP contribution in [0.3, 0.4) is 0 Å². The molecule has 0 radical (unpaired) electrons. The third-order valence-electron chi connectivity index (χ3n) is 22.5. The molecule has 0 spiro atoms. The monoisotopic (exact) mass is 1400 g/mol. The van der Waals surface area contributed by atoms with Gasteiger partial charge in [-0.15, -0.1) is 0 Å². The van der Waals surface area contributed by atoms with Crippen LogP contribution < -0.4 is 19.6 Å². The molecule has 108 heavy (non-hydrogen) atoms. The number of pyridine rings is 2. The first kappa shape index (κ1) is 68.0. The van der Waals surface area contributed by atoms with Crippen LogP contribution in [0.2, 0.25) is 0 Å². The van der Waals surface area contributed by atoms with Gasteiger partial charge in [-0.1, -0.05) is 213 Å². The maximum Gasteiger partial charge on any atom is 0.211 e. The minimum Gasteiger partial charge on any atom is -0.310 e. The normalized spacial score (nSPS) is 14.7. The molecule has 4 aliphatic heterocycles. The minimum absolute atomic E-state index is 0.154. The Morgan fingerprint density at radius 2 is 0.343 bits per heavy atom. The molecule has 0 fully saturated rings. The molecule has 18 rings (SSSR count). The topological polar surface area (TPSA) is 107 Å². The number of para-hydroxylation sites is 8. The summed E-state index contributed by atoms with van der Waals surface area (Å²) in [5.74, 6) is -0.954. The number of hydrogen-bond donors (Lipinski definition) is 0. The first-order chi connectivity index (χ1) is 52.3. The van der Waals surface area contributed by atoms with E-state index in [4.69, 9.17) is 0 Å². The molecule has 0 atom stereocenters. The second-order valence-corrected chi connectivity index (χ2v) is 30.3. The first-order valence-electron chi connectivity index (χ1n) is 36.8. The highest BCUT2D eigenvalue weighted by Crippen LogP contribution is 2.56. The number of benzene rings is 12. The maximum atomic E-state index is 13.8. The van der Waals surface area contributed by atoms with Crippen LogP contribution in [-0.4, -0.2) is 33.1 Å². The van der Waals surface area contributed by atoms with Crippen molar-refractivity contribution >= 4 is 91.4 Å². The van der Waals surface area contributed by atoms with Crippen molar-refractivity contribution < 1.29 is 19.2 Å². The van der Waals surface area contributed by atoms with E-state index >= 15 is 0 Å². The van der Waals surface area contributed by atoms with Crippen LogP contribution in [0.1, 0.15) is 164 Å². The van der Waals surface area contributed by atoms with Crippen molar-refractivity contribution in [2.75, 3.05) is 19.6 Å². The van der Waals surface area contributed by atoms with E-state index in [9.17, 15) is 19.2 Å². The Hall–Kier alpha value is -13.2. The molecule has 0 unspecified atom stereocenters. The summed E-state index contributed by atoms with van der Waals surface area (Å²) in [6.07, 6.45) is 0. The number of carbonyl (C=O) groups is 4. The zero-order valence-corrected chi connectivity index (χ0v) is 61.5. The van der Waals surface area contributed by atoms with Gasteiger partial charge in [0.15, 0.2) is 0 Å². The molecule has 0 bridgehead atoms. The minimum atomic E-state index is -0.238. The molecule has 10 heteroatoms. The second kappa shape index (κ2) is 26.4. The van der Waals surface area contributed by atoms with Gasteiger partial charge in [-0.05, 0) is 214 Å². The van der Waals surface area contributed by atoms with Crippen LogP contribution in [0.5, 0.6) is 0 Å². The highest BCUT2D eigenvalue weighted by molar-refractivity contribution is 6.13. The summed E-state index contributed by atoms with van der Waals surface area (Å²) in [6.45, 7) is 18.1. The van der Waals surface area contributed by atoms with E-state index in [0.29, 0.717) is 22.3 Å². The number of hydrogen-bond acceptors (Lipinski definition) is 10. The summed E-state index contributed by atoms with van der Waals surface area (Å²) >= 11 is 0. The molecule has 0 amide bonds. The lowest BCUT2D eigenvalue weighted by molar-refractivity contribution is 0.101. The fraction of sp³-hybridized carbons (Fsp3) is 0.122. The lowest BCUT2D eigenvalue weighted by atomic mass is 9.73. The highest BCUT2D eigenvalue weighted by atomic mass is 16.1. The van der Waals surface area contributed by atoms with Gasteiger partial charge < -0.3 is 19.6 Å². The van der Waals surface area contributed by atoms with E-state index in [0.717, 1.165) is 68.2 Å². The Morgan fingerprint density at radius 3 is 0.500 bits per heavy atom. The van der Waals surface area contributed by atoms with E-state index in [-0.39, 0.29) is 67.6 Å². The van der Waals surface area contributed by atoms with Crippen LogP contribution in [0.15, 0.2) is 328 Å². The molecule has 2 aromatic heterocycles. The van der Waals surface area contributed by atoms with Gasteiger partial charge >= 0.3 is 0 Å². The fourth-order valence-electron chi connectivity index (χ4n) is 16.8. The summed E-state index contributed by atoms with van der Waals surface area (Å²) in [5.41, 5.74) is 25.1. The molecular formula is C98H78N6O4. The molecule has 14 aromatic rings. The molecule has 4 aliphatic rings. The largest absolute Gasteiger partial charge is 0.310 e. The Balaban J connectivity index is 0.000000158. The quantitative estimate of drug-likeness (QED) is 0.110. The third kappa shape index (κ3) is 11.3. The number of fused-ring (bicyclic) bond motifs is 8. The van der Waals surface area contributed by atoms with E-state index < -0.39 is 0 Å². The molecule has 0 N–H and O–H groups in total. The average molecular weight is 1400 g/mol.